The number of rotatable bonds is 6. The number of aliphatic hydroxyl groups excluding tert-OH is 1. The lowest BCUT2D eigenvalue weighted by Gasteiger charge is -2.34. The Morgan fingerprint density at radius 1 is 1.17 bits per heavy atom. The molecule has 0 bridgehead atoms. The fourth-order valence-corrected chi connectivity index (χ4v) is 3.89. The third kappa shape index (κ3) is 4.26. The second-order valence-corrected chi connectivity index (χ2v) is 8.11. The third-order valence-corrected chi connectivity index (χ3v) is 5.71. The van der Waals surface area contributed by atoms with Crippen molar-refractivity contribution in [3.05, 3.63) is 58.7 Å². The van der Waals surface area contributed by atoms with Gasteiger partial charge in [0.05, 0.1) is 11.2 Å². The number of hydrogen-bond acceptors (Lipinski definition) is 4. The standard InChI is InChI=1S/C23H24ClN3O2/c1-2-3-20-19-9-6-16(23(29)25-18-10-14(11-18)13-28)12-21(19)27-22(26-20)15-4-7-17(24)8-5-15/h4-9,12,14,18,28H,2-3,10-11,13H2,1H3,(H,25,29)/t14-,18+. The molecule has 0 atom stereocenters. The molecule has 0 spiro atoms. The molecular formula is C23H24ClN3O2. The normalized spacial score (nSPS) is 18.4. The first-order valence-corrected chi connectivity index (χ1v) is 10.4. The molecule has 150 valence electrons. The smallest absolute Gasteiger partial charge is 0.251 e. The van der Waals surface area contributed by atoms with Gasteiger partial charge in [-0.25, -0.2) is 9.97 Å². The molecule has 1 saturated carbocycles. The summed E-state index contributed by atoms with van der Waals surface area (Å²) in [6.07, 6.45) is 3.48. The van der Waals surface area contributed by atoms with Crippen LogP contribution in [-0.4, -0.2) is 33.6 Å². The zero-order valence-corrected chi connectivity index (χ0v) is 17.1. The molecule has 1 aliphatic carbocycles. The molecule has 1 aromatic heterocycles. The van der Waals surface area contributed by atoms with Crippen molar-refractivity contribution < 1.29 is 9.90 Å². The number of aromatic nitrogens is 2. The number of carbonyl (C=O) groups is 1. The minimum absolute atomic E-state index is 0.100. The molecule has 2 aromatic carbocycles. The van der Waals surface area contributed by atoms with Crippen molar-refractivity contribution in [1.82, 2.24) is 15.3 Å². The lowest BCUT2D eigenvalue weighted by molar-refractivity contribution is 0.0832. The summed E-state index contributed by atoms with van der Waals surface area (Å²) in [6.45, 7) is 2.31. The van der Waals surface area contributed by atoms with E-state index in [1.165, 1.54) is 0 Å². The molecule has 1 fully saturated rings. The van der Waals surface area contributed by atoms with Crippen LogP contribution < -0.4 is 5.32 Å². The van der Waals surface area contributed by atoms with Crippen molar-refractivity contribution in [3.63, 3.8) is 0 Å². The topological polar surface area (TPSA) is 75.1 Å². The van der Waals surface area contributed by atoms with Crippen LogP contribution in [0.4, 0.5) is 0 Å². The highest BCUT2D eigenvalue weighted by Gasteiger charge is 2.29. The van der Waals surface area contributed by atoms with Gasteiger partial charge in [0, 0.05) is 34.2 Å². The van der Waals surface area contributed by atoms with Crippen molar-refractivity contribution in [1.29, 1.82) is 0 Å². The molecule has 2 N–H and O–H groups in total. The summed E-state index contributed by atoms with van der Waals surface area (Å²) in [4.78, 5) is 22.2. The van der Waals surface area contributed by atoms with Crippen LogP contribution in [0.15, 0.2) is 42.5 Å². The molecular weight excluding hydrogens is 386 g/mol. The number of carbonyl (C=O) groups excluding carboxylic acids is 1. The Hall–Kier alpha value is -2.50. The average Bonchev–Trinajstić information content (AvgIpc) is 2.70. The lowest BCUT2D eigenvalue weighted by atomic mass is 9.81. The maximum atomic E-state index is 12.7. The summed E-state index contributed by atoms with van der Waals surface area (Å²) in [7, 11) is 0. The van der Waals surface area contributed by atoms with Gasteiger partial charge in [0.1, 0.15) is 0 Å². The molecule has 3 aromatic rings. The number of amides is 1. The summed E-state index contributed by atoms with van der Waals surface area (Å²) >= 11 is 6.01. The van der Waals surface area contributed by atoms with Gasteiger partial charge in [0.25, 0.3) is 5.91 Å². The number of nitrogens with zero attached hydrogens (tertiary/aromatic N) is 2. The summed E-state index contributed by atoms with van der Waals surface area (Å²) in [5.41, 5.74) is 3.24. The van der Waals surface area contributed by atoms with E-state index >= 15 is 0 Å². The van der Waals surface area contributed by atoms with Crippen LogP contribution in [0.25, 0.3) is 22.3 Å². The monoisotopic (exact) mass is 409 g/mol. The van der Waals surface area contributed by atoms with Gasteiger partial charge in [-0.3, -0.25) is 4.79 Å². The molecule has 1 heterocycles. The van der Waals surface area contributed by atoms with E-state index in [-0.39, 0.29) is 18.6 Å². The van der Waals surface area contributed by atoms with Crippen LogP contribution >= 0.6 is 11.6 Å². The molecule has 0 aliphatic heterocycles. The third-order valence-electron chi connectivity index (χ3n) is 5.46. The summed E-state index contributed by atoms with van der Waals surface area (Å²) < 4.78 is 0. The Morgan fingerprint density at radius 2 is 1.93 bits per heavy atom. The van der Waals surface area contributed by atoms with Gasteiger partial charge in [0.15, 0.2) is 5.82 Å². The van der Waals surface area contributed by atoms with Crippen molar-refractivity contribution in [2.45, 2.75) is 38.6 Å². The quantitative estimate of drug-likeness (QED) is 0.632. The van der Waals surface area contributed by atoms with E-state index in [0.29, 0.717) is 22.3 Å². The van der Waals surface area contributed by atoms with Crippen LogP contribution in [0.3, 0.4) is 0 Å². The largest absolute Gasteiger partial charge is 0.396 e. The zero-order chi connectivity index (χ0) is 20.4. The summed E-state index contributed by atoms with van der Waals surface area (Å²) in [5, 5.41) is 13.8. The van der Waals surface area contributed by atoms with E-state index < -0.39 is 0 Å². The zero-order valence-electron chi connectivity index (χ0n) is 16.4. The SMILES string of the molecule is CCCc1nc(-c2ccc(Cl)cc2)nc2cc(C(=O)N[C@H]3C[C@@H](CO)C3)ccc12. The van der Waals surface area contributed by atoms with Gasteiger partial charge in [-0.2, -0.15) is 0 Å². The van der Waals surface area contributed by atoms with Crippen LogP contribution in [-0.2, 0) is 6.42 Å². The fourth-order valence-electron chi connectivity index (χ4n) is 3.76. The van der Waals surface area contributed by atoms with E-state index in [9.17, 15) is 4.79 Å². The fraction of sp³-hybridized carbons (Fsp3) is 0.348. The minimum Gasteiger partial charge on any atom is -0.396 e. The van der Waals surface area contributed by atoms with E-state index in [4.69, 9.17) is 26.7 Å². The number of benzene rings is 2. The number of hydrogen-bond donors (Lipinski definition) is 2. The second-order valence-electron chi connectivity index (χ2n) is 7.67. The van der Waals surface area contributed by atoms with Gasteiger partial charge in [-0.15, -0.1) is 0 Å². The van der Waals surface area contributed by atoms with E-state index in [1.807, 2.05) is 42.5 Å². The summed E-state index contributed by atoms with van der Waals surface area (Å²) in [6, 6.07) is 13.2. The highest BCUT2D eigenvalue weighted by molar-refractivity contribution is 6.30. The number of halogens is 1. The first kappa shape index (κ1) is 19.8. The number of fused-ring (bicyclic) bond motifs is 1. The van der Waals surface area contributed by atoms with Crippen LogP contribution in [0, 0.1) is 5.92 Å². The van der Waals surface area contributed by atoms with Crippen LogP contribution in [0.2, 0.25) is 5.02 Å². The highest BCUT2D eigenvalue weighted by atomic mass is 35.5. The Balaban J connectivity index is 1.66. The molecule has 1 aliphatic rings. The van der Waals surface area contributed by atoms with E-state index in [1.54, 1.807) is 0 Å². The summed E-state index contributed by atoms with van der Waals surface area (Å²) in [5.74, 6) is 0.847. The van der Waals surface area contributed by atoms with E-state index in [2.05, 4.69) is 12.2 Å². The predicted octanol–water partition coefficient (Wildman–Crippen LogP) is 4.40. The van der Waals surface area contributed by atoms with Gasteiger partial charge < -0.3 is 10.4 Å². The van der Waals surface area contributed by atoms with Crippen molar-refractivity contribution >= 4 is 28.4 Å². The minimum atomic E-state index is -0.100. The average molecular weight is 410 g/mol. The van der Waals surface area contributed by atoms with Gasteiger partial charge >= 0.3 is 0 Å². The molecule has 0 unspecified atom stereocenters. The van der Waals surface area contributed by atoms with Crippen molar-refractivity contribution in [3.8, 4) is 11.4 Å². The van der Waals surface area contributed by atoms with Gasteiger partial charge in [-0.05, 0) is 61.6 Å². The second kappa shape index (κ2) is 8.47. The predicted molar refractivity (Wildman–Crippen MR) is 115 cm³/mol. The molecule has 5 nitrogen and oxygen atoms in total. The molecule has 0 radical (unpaired) electrons. The lowest BCUT2D eigenvalue weighted by Crippen LogP contribution is -2.45. The maximum Gasteiger partial charge on any atom is 0.251 e. The first-order chi connectivity index (χ1) is 14.1. The Kier molecular flexibility index (Phi) is 5.79. The number of aliphatic hydroxyl groups is 1. The highest BCUT2D eigenvalue weighted by Crippen LogP contribution is 2.28. The molecule has 6 heteroatoms. The number of aryl methyl sites for hydroxylation is 1. The van der Waals surface area contributed by atoms with Gasteiger partial charge in [-0.1, -0.05) is 31.0 Å². The Bertz CT molecular complexity index is 1030. The Morgan fingerprint density at radius 3 is 2.62 bits per heavy atom. The first-order valence-electron chi connectivity index (χ1n) is 10.1. The van der Waals surface area contributed by atoms with Crippen molar-refractivity contribution in [2.24, 2.45) is 5.92 Å². The molecule has 1 amide bonds. The van der Waals surface area contributed by atoms with Gasteiger partial charge in [0.2, 0.25) is 0 Å². The van der Waals surface area contributed by atoms with Crippen molar-refractivity contribution in [2.75, 3.05) is 6.61 Å². The van der Waals surface area contributed by atoms with Crippen LogP contribution in [0.5, 0.6) is 0 Å². The maximum absolute atomic E-state index is 12.7. The van der Waals surface area contributed by atoms with E-state index in [0.717, 1.165) is 47.8 Å². The molecule has 29 heavy (non-hydrogen) atoms. The Labute approximate surface area is 175 Å². The molecule has 4 rings (SSSR count). The van der Waals surface area contributed by atoms with Crippen LogP contribution in [0.1, 0.15) is 42.2 Å². The number of nitrogens with one attached hydrogen (secondary N) is 1. The molecule has 0 saturated heterocycles.